The van der Waals surface area contributed by atoms with Gasteiger partial charge in [0.15, 0.2) is 0 Å². The minimum atomic E-state index is -3.55. The average molecular weight is 555 g/mol. The molecule has 0 saturated carbocycles. The summed E-state index contributed by atoms with van der Waals surface area (Å²) in [6, 6.07) is -0.775. The summed E-state index contributed by atoms with van der Waals surface area (Å²) in [4.78, 5) is 106. The minimum Gasteiger partial charge on any atom is -0.392 e. The van der Waals surface area contributed by atoms with Crippen LogP contribution < -0.4 is 15.3 Å². The van der Waals surface area contributed by atoms with Crippen LogP contribution in [0, 0.1) is 5.41 Å². The summed E-state index contributed by atoms with van der Waals surface area (Å²) in [5, 5.41) is 6.29. The van der Waals surface area contributed by atoms with Gasteiger partial charge in [0.2, 0.25) is 5.91 Å². The molecule has 0 aromatic carbocycles. The van der Waals surface area contributed by atoms with E-state index >= 15 is 0 Å². The highest BCUT2D eigenvalue weighted by Gasteiger charge is 2.63. The Morgan fingerprint density at radius 2 is 1.30 bits per heavy atom. The number of esters is 4. The molecule has 2 heterocycles. The first-order valence-electron chi connectivity index (χ1n) is 9.84. The Morgan fingerprint density at radius 1 is 0.784 bits per heavy atom. The molecule has 0 spiro atoms. The van der Waals surface area contributed by atoms with Gasteiger partial charge in [-0.1, -0.05) is 0 Å². The lowest BCUT2D eigenvalue weighted by atomic mass is 9.86. The SMILES string of the molecule is CC(=O)OC(=O)C(C(=O)NPCC(=O)n1ccnc1)(C(=O)NPNC(=O)n1ccnc1)C(=O)OC(C)=O. The number of imidazole rings is 2. The summed E-state index contributed by atoms with van der Waals surface area (Å²) < 4.78 is 10.8. The van der Waals surface area contributed by atoms with Crippen molar-refractivity contribution in [2.45, 2.75) is 13.8 Å². The molecule has 0 aliphatic rings. The lowest BCUT2D eigenvalue weighted by Crippen LogP contribution is -2.60. The number of hydrogen-bond donors (Lipinski definition) is 3. The number of ether oxygens (including phenoxy) is 2. The molecule has 2 atom stereocenters. The van der Waals surface area contributed by atoms with E-state index in [0.29, 0.717) is 0 Å². The van der Waals surface area contributed by atoms with E-state index in [1.807, 2.05) is 5.09 Å². The number of nitrogens with zero attached hydrogens (tertiary/aromatic N) is 4. The molecular formula is C18H19N7O10P2. The molecule has 2 aromatic rings. The second-order valence-electron chi connectivity index (χ2n) is 6.66. The Hall–Kier alpha value is -4.36. The summed E-state index contributed by atoms with van der Waals surface area (Å²) in [5.41, 5.74) is -3.55. The van der Waals surface area contributed by atoms with E-state index < -0.39 is 70.7 Å². The third-order valence-corrected chi connectivity index (χ3v) is 5.66. The summed E-state index contributed by atoms with van der Waals surface area (Å²) in [6.45, 7) is 1.51. The summed E-state index contributed by atoms with van der Waals surface area (Å²) in [7, 11) is -1.80. The Kier molecular flexibility index (Phi) is 10.2. The van der Waals surface area contributed by atoms with Crippen molar-refractivity contribution in [3.8, 4) is 0 Å². The van der Waals surface area contributed by atoms with Crippen molar-refractivity contribution in [1.29, 1.82) is 0 Å². The normalized spacial score (nSPS) is 11.2. The average Bonchev–Trinajstić information content (AvgIpc) is 3.53. The molecule has 0 bridgehead atoms. The first kappa shape index (κ1) is 28.9. The van der Waals surface area contributed by atoms with Crippen LogP contribution in [0.5, 0.6) is 0 Å². The van der Waals surface area contributed by atoms with Crippen molar-refractivity contribution >= 4 is 65.2 Å². The molecule has 37 heavy (non-hydrogen) atoms. The number of hydrogen-bond acceptors (Lipinski definition) is 12. The predicted molar refractivity (Wildman–Crippen MR) is 123 cm³/mol. The highest BCUT2D eigenvalue weighted by Crippen LogP contribution is 2.27. The molecule has 0 saturated heterocycles. The van der Waals surface area contributed by atoms with Gasteiger partial charge in [-0.05, 0) is 8.73 Å². The Balaban J connectivity index is 2.29. The zero-order valence-electron chi connectivity index (χ0n) is 19.0. The largest absolute Gasteiger partial charge is 0.392 e. The predicted octanol–water partition coefficient (Wildman–Crippen LogP) is -1.52. The fraction of sp³-hybridized carbons (Fsp3) is 0.222. The van der Waals surface area contributed by atoms with E-state index in [0.717, 1.165) is 29.3 Å². The molecule has 196 valence electrons. The molecule has 3 N–H and O–H groups in total. The van der Waals surface area contributed by atoms with Crippen molar-refractivity contribution < 1.29 is 47.8 Å². The van der Waals surface area contributed by atoms with E-state index in [4.69, 9.17) is 0 Å². The van der Waals surface area contributed by atoms with Crippen molar-refractivity contribution in [3.05, 3.63) is 37.4 Å². The van der Waals surface area contributed by atoms with Crippen LogP contribution in [0.3, 0.4) is 0 Å². The molecule has 2 rings (SSSR count). The lowest BCUT2D eigenvalue weighted by Gasteiger charge is -2.25. The van der Waals surface area contributed by atoms with Gasteiger partial charge in [-0.25, -0.2) is 24.4 Å². The number of aromatic nitrogens is 4. The lowest BCUT2D eigenvalue weighted by molar-refractivity contribution is -0.180. The quantitative estimate of drug-likeness (QED) is 0.182. The van der Waals surface area contributed by atoms with Crippen LogP contribution in [0.25, 0.3) is 0 Å². The third-order valence-electron chi connectivity index (χ3n) is 4.08. The highest BCUT2D eigenvalue weighted by molar-refractivity contribution is 7.38. The summed E-state index contributed by atoms with van der Waals surface area (Å²) >= 11 is 0. The van der Waals surface area contributed by atoms with Crippen LogP contribution in [-0.2, 0) is 38.2 Å². The highest BCUT2D eigenvalue weighted by atomic mass is 31.1. The first-order valence-corrected chi connectivity index (χ1v) is 12.0. The zero-order valence-corrected chi connectivity index (χ0v) is 21.0. The van der Waals surface area contributed by atoms with Gasteiger partial charge in [0.25, 0.3) is 11.8 Å². The zero-order chi connectivity index (χ0) is 27.6. The first-order chi connectivity index (χ1) is 17.5. The fourth-order valence-corrected chi connectivity index (χ4v) is 3.81. The van der Waals surface area contributed by atoms with Gasteiger partial charge < -0.3 is 24.7 Å². The van der Waals surface area contributed by atoms with Crippen LogP contribution >= 0.6 is 17.6 Å². The number of carbonyl (C=O) groups excluding carboxylic acids is 8. The van der Waals surface area contributed by atoms with Crippen molar-refractivity contribution in [2.75, 3.05) is 6.16 Å². The Labute approximate surface area is 210 Å². The maximum Gasteiger partial charge on any atom is 0.350 e. The van der Waals surface area contributed by atoms with Gasteiger partial charge in [-0.3, -0.25) is 33.1 Å². The van der Waals surface area contributed by atoms with Crippen molar-refractivity contribution in [3.63, 3.8) is 0 Å². The molecule has 19 heteroatoms. The number of rotatable bonds is 9. The van der Waals surface area contributed by atoms with Gasteiger partial charge in [0.05, 0.1) is 15.0 Å². The fourth-order valence-electron chi connectivity index (χ4n) is 2.44. The molecule has 2 unspecified atom stereocenters. The maximum absolute atomic E-state index is 13.1. The second kappa shape index (κ2) is 13.1. The monoisotopic (exact) mass is 555 g/mol. The Morgan fingerprint density at radius 3 is 1.78 bits per heavy atom. The van der Waals surface area contributed by atoms with Gasteiger partial charge in [0.1, 0.15) is 12.7 Å². The minimum absolute atomic E-state index is 0.341. The topological polar surface area (TPSA) is 227 Å². The molecular weight excluding hydrogens is 536 g/mol. The number of nitrogens with one attached hydrogen (secondary N) is 3. The molecule has 0 radical (unpaired) electrons. The molecule has 0 fully saturated rings. The third kappa shape index (κ3) is 7.32. The molecule has 0 aliphatic carbocycles. The van der Waals surface area contributed by atoms with Crippen LogP contribution in [0.15, 0.2) is 37.4 Å². The van der Waals surface area contributed by atoms with Crippen LogP contribution in [0.4, 0.5) is 4.79 Å². The van der Waals surface area contributed by atoms with Gasteiger partial charge in [-0.2, -0.15) is 0 Å². The van der Waals surface area contributed by atoms with E-state index in [1.54, 1.807) is 0 Å². The molecule has 3 amide bonds. The second-order valence-corrected chi connectivity index (χ2v) is 8.37. The molecule has 2 aromatic heterocycles. The number of amides is 3. The summed E-state index contributed by atoms with van der Waals surface area (Å²) in [5.74, 6) is -10.4. The van der Waals surface area contributed by atoms with Crippen LogP contribution in [0.1, 0.15) is 18.6 Å². The van der Waals surface area contributed by atoms with Gasteiger partial charge in [0, 0.05) is 38.6 Å². The van der Waals surface area contributed by atoms with Crippen LogP contribution in [-0.4, -0.2) is 72.9 Å². The van der Waals surface area contributed by atoms with E-state index in [-0.39, 0.29) is 6.16 Å². The maximum atomic E-state index is 13.1. The molecule has 17 nitrogen and oxygen atoms in total. The Bertz CT molecular complexity index is 1120. The summed E-state index contributed by atoms with van der Waals surface area (Å²) in [6.07, 6.45) is 7.23. The van der Waals surface area contributed by atoms with Gasteiger partial charge in [-0.15, -0.1) is 0 Å². The molecule has 0 aliphatic heterocycles. The van der Waals surface area contributed by atoms with Crippen molar-refractivity contribution in [2.24, 2.45) is 5.41 Å². The van der Waals surface area contributed by atoms with Crippen LogP contribution in [0.2, 0.25) is 0 Å². The number of carbonyl (C=O) groups is 8. The van der Waals surface area contributed by atoms with E-state index in [9.17, 15) is 38.4 Å². The smallest absolute Gasteiger partial charge is 0.350 e. The van der Waals surface area contributed by atoms with Gasteiger partial charge >= 0.3 is 35.3 Å². The van der Waals surface area contributed by atoms with Crippen molar-refractivity contribution in [1.82, 2.24) is 34.4 Å². The standard InChI is InChI=1S/C18H19N7O10P2/c1-10(26)34-15(31)18(16(32)35-11(2)27,13(29)21-36-7-12(28)24-5-3-19-8-24)14(30)22-37-23-17(33)25-6-4-20-9-25/h3-6,8-9,36-37H,7H2,1-2H3,(H,21,29)(H,22,30)(H,23,33). The van der Waals surface area contributed by atoms with E-state index in [2.05, 4.69) is 29.6 Å². The van der Waals surface area contributed by atoms with E-state index in [1.165, 1.54) is 31.1 Å².